The predicted molar refractivity (Wildman–Crippen MR) is 230 cm³/mol. The average molecular weight is 849 g/mol. The van der Waals surface area contributed by atoms with Crippen LogP contribution in [-0.2, 0) is 23.8 Å². The van der Waals surface area contributed by atoms with E-state index in [1.54, 1.807) is 44.9 Å². The van der Waals surface area contributed by atoms with Crippen LogP contribution < -0.4 is 10.1 Å². The van der Waals surface area contributed by atoms with Crippen molar-refractivity contribution in [3.05, 3.63) is 65.5 Å². The summed E-state index contributed by atoms with van der Waals surface area (Å²) in [4.78, 5) is 42.8. The fraction of sp³-hybridized carbons (Fsp3) is 0.511. The Morgan fingerprint density at radius 2 is 1.66 bits per heavy atom. The maximum absolute atomic E-state index is 14.5. The number of phenolic OH excluding ortho intramolecular Hbond substituents is 3. The summed E-state index contributed by atoms with van der Waals surface area (Å²) in [6.45, 7) is 19.5. The molecule has 0 aliphatic carbocycles. The van der Waals surface area contributed by atoms with E-state index in [2.05, 4.69) is 21.9 Å². The lowest BCUT2D eigenvalue weighted by atomic mass is 9.78. The molecule has 1 fully saturated rings. The summed E-state index contributed by atoms with van der Waals surface area (Å²) in [6.07, 6.45) is 6.65. The molecule has 4 aliphatic rings. The number of methoxy groups -OCH3 is 1. The molecule has 1 amide bonds. The lowest BCUT2D eigenvalue weighted by molar-refractivity contribution is -0.160. The number of carbonyl (C=O) groups excluding carboxylic acids is 3. The molecule has 4 aliphatic heterocycles. The molecule has 0 spiro atoms. The van der Waals surface area contributed by atoms with Gasteiger partial charge in [-0.3, -0.25) is 24.3 Å². The van der Waals surface area contributed by atoms with Gasteiger partial charge in [-0.05, 0) is 19.9 Å². The molecular formula is C45H60N4O12. The topological polar surface area (TPSA) is 220 Å². The number of amides is 1. The third kappa shape index (κ3) is 9.42. The number of anilines is 1. The van der Waals surface area contributed by atoms with Gasteiger partial charge in [0.1, 0.15) is 23.4 Å². The predicted octanol–water partition coefficient (Wildman–Crippen LogP) is 4.89. The second kappa shape index (κ2) is 19.1. The van der Waals surface area contributed by atoms with Gasteiger partial charge in [-0.25, -0.2) is 0 Å². The van der Waals surface area contributed by atoms with Crippen molar-refractivity contribution in [1.29, 1.82) is 0 Å². The van der Waals surface area contributed by atoms with Crippen LogP contribution in [-0.4, -0.2) is 129 Å². The number of allylic oxidation sites excluding steroid dienone is 2. The number of nitrogens with zero attached hydrogens (tertiary/aromatic N) is 3. The smallest absolute Gasteiger partial charge is 0.312 e. The summed E-state index contributed by atoms with van der Waals surface area (Å²) in [6, 6.07) is 0. The number of esters is 1. The molecule has 332 valence electrons. The molecule has 0 radical (unpaired) electrons. The van der Waals surface area contributed by atoms with Gasteiger partial charge in [-0.1, -0.05) is 52.0 Å². The molecule has 9 atom stereocenters. The van der Waals surface area contributed by atoms with Crippen molar-refractivity contribution >= 4 is 40.3 Å². The number of rotatable bonds is 6. The number of hydrogen-bond acceptors (Lipinski definition) is 15. The number of benzene rings is 2. The van der Waals surface area contributed by atoms with Crippen LogP contribution >= 0.6 is 0 Å². The highest BCUT2D eigenvalue weighted by atomic mass is 16.7. The zero-order valence-corrected chi connectivity index (χ0v) is 36.3. The van der Waals surface area contributed by atoms with E-state index in [0.717, 1.165) is 0 Å². The SMILES string of the molecule is C=CCN1CCN(/N=C/c2c3c(O)c4c(O)c(C)c5c(c4c2O)C(=O)[C@@](C)(O/C=C/[C@H](OC)[C@@H](C)[C@@H](OC(C)=O)[C@H](C)[C@H](O)[C@H](C)[C@@H](O)[C@@H](C)/C=C/C=C(/C)C(=O)N3)O5)CC1. The van der Waals surface area contributed by atoms with Crippen molar-refractivity contribution in [3.8, 4) is 23.0 Å². The van der Waals surface area contributed by atoms with E-state index in [4.69, 9.17) is 18.9 Å². The van der Waals surface area contributed by atoms with Crippen molar-refractivity contribution in [2.75, 3.05) is 45.2 Å². The van der Waals surface area contributed by atoms with Crippen molar-refractivity contribution in [2.45, 2.75) is 85.6 Å². The Morgan fingerprint density at radius 1 is 0.984 bits per heavy atom. The normalized spacial score (nSPS) is 31.3. The van der Waals surface area contributed by atoms with Crippen LogP contribution in [0.4, 0.5) is 5.69 Å². The summed E-state index contributed by atoms with van der Waals surface area (Å²) in [5.74, 6) is -8.41. The lowest BCUT2D eigenvalue weighted by Gasteiger charge is -2.38. The average Bonchev–Trinajstić information content (AvgIpc) is 3.49. The van der Waals surface area contributed by atoms with E-state index in [1.807, 2.05) is 6.08 Å². The third-order valence-electron chi connectivity index (χ3n) is 12.1. The highest BCUT2D eigenvalue weighted by Gasteiger charge is 2.50. The number of carbonyl (C=O) groups is 3. The highest BCUT2D eigenvalue weighted by molar-refractivity contribution is 6.23. The van der Waals surface area contributed by atoms with Gasteiger partial charge < -0.3 is 49.8 Å². The van der Waals surface area contributed by atoms with Crippen molar-refractivity contribution in [3.63, 3.8) is 0 Å². The van der Waals surface area contributed by atoms with Gasteiger partial charge in [0.2, 0.25) is 0 Å². The Kier molecular flexibility index (Phi) is 14.6. The van der Waals surface area contributed by atoms with E-state index >= 15 is 0 Å². The van der Waals surface area contributed by atoms with Gasteiger partial charge >= 0.3 is 11.8 Å². The molecule has 0 aromatic heterocycles. The minimum Gasteiger partial charge on any atom is -0.507 e. The summed E-state index contributed by atoms with van der Waals surface area (Å²) < 4.78 is 23.6. The fourth-order valence-corrected chi connectivity index (χ4v) is 8.23. The number of Topliss-reactive ketones (excluding diaryl/α,β-unsaturated/α-hetero) is 1. The molecule has 4 heterocycles. The Labute approximate surface area is 356 Å². The Hall–Kier alpha value is -5.42. The number of nitrogens with one attached hydrogen (secondary N) is 1. The van der Waals surface area contributed by atoms with Crippen LogP contribution in [0.25, 0.3) is 10.8 Å². The number of hydrogen-bond donors (Lipinski definition) is 6. The van der Waals surface area contributed by atoms with Crippen LogP contribution in [0, 0.1) is 30.6 Å². The minimum absolute atomic E-state index is 0.0513. The number of phenols is 3. The van der Waals surface area contributed by atoms with Gasteiger partial charge in [0.15, 0.2) is 5.75 Å². The van der Waals surface area contributed by atoms with Crippen LogP contribution in [0.2, 0.25) is 0 Å². The first kappa shape index (κ1) is 46.6. The number of aliphatic hydroxyl groups excluding tert-OH is 2. The Morgan fingerprint density at radius 3 is 2.28 bits per heavy atom. The maximum Gasteiger partial charge on any atom is 0.312 e. The molecule has 2 aromatic rings. The van der Waals surface area contributed by atoms with E-state index in [-0.39, 0.29) is 44.5 Å². The summed E-state index contributed by atoms with van der Waals surface area (Å²) in [5.41, 5.74) is -0.384. The molecule has 61 heavy (non-hydrogen) atoms. The zero-order valence-electron chi connectivity index (χ0n) is 36.3. The Bertz CT molecular complexity index is 2140. The summed E-state index contributed by atoms with van der Waals surface area (Å²) in [7, 11) is 1.44. The Balaban J connectivity index is 1.69. The minimum atomic E-state index is -2.05. The van der Waals surface area contributed by atoms with Gasteiger partial charge in [0.05, 0.1) is 53.0 Å². The standard InChI is InChI=1S/C45H60N4O12/c1-11-16-48-17-19-49(20-18-48)46-22-30-35-40(55)33-32(39(30)54)34-42(28(7)38(33)53)61-45(9,43(34)56)59-21-15-31(58-10)25(4)41(60-29(8)50)27(6)37(52)26(5)36(51)23(2)13-12-14-24(3)44(57)47-35/h11-15,21-23,25-27,31,36-37,41,51-55H,1,16-20H2,2-10H3,(H,47,57)/b13-12+,21-15+,24-14-,46-22+/t23-,25+,26+,27+,31-,36-,37+,41+,45-/m0/s1. The number of hydrazone groups is 1. The van der Waals surface area contributed by atoms with Crippen molar-refractivity contribution in [2.24, 2.45) is 28.8 Å². The quantitative estimate of drug-likeness (QED) is 0.0750. The molecule has 0 unspecified atom stereocenters. The van der Waals surface area contributed by atoms with Crippen LogP contribution in [0.15, 0.2) is 53.9 Å². The first-order valence-corrected chi connectivity index (χ1v) is 20.5. The van der Waals surface area contributed by atoms with Crippen molar-refractivity contribution in [1.82, 2.24) is 9.91 Å². The molecule has 16 nitrogen and oxygen atoms in total. The van der Waals surface area contributed by atoms with E-state index in [9.17, 15) is 39.9 Å². The molecular weight excluding hydrogens is 789 g/mol. The third-order valence-corrected chi connectivity index (χ3v) is 12.1. The van der Waals surface area contributed by atoms with E-state index in [1.165, 1.54) is 59.4 Å². The van der Waals surface area contributed by atoms with Crippen molar-refractivity contribution < 1.29 is 58.9 Å². The monoisotopic (exact) mass is 848 g/mol. The molecule has 16 heteroatoms. The lowest BCUT2D eigenvalue weighted by Crippen LogP contribution is -2.46. The summed E-state index contributed by atoms with van der Waals surface area (Å²) >= 11 is 0. The van der Waals surface area contributed by atoms with Gasteiger partial charge in [0, 0.05) is 93.9 Å². The fourth-order valence-electron chi connectivity index (χ4n) is 8.23. The molecule has 0 saturated carbocycles. The number of piperazine rings is 1. The summed E-state index contributed by atoms with van der Waals surface area (Å²) in [5, 5.41) is 67.1. The second-order valence-corrected chi connectivity index (χ2v) is 16.4. The van der Waals surface area contributed by atoms with Gasteiger partial charge in [-0.2, -0.15) is 5.10 Å². The second-order valence-electron chi connectivity index (χ2n) is 16.4. The largest absolute Gasteiger partial charge is 0.507 e. The highest BCUT2D eigenvalue weighted by Crippen LogP contribution is 2.55. The number of ether oxygens (including phenoxy) is 4. The first-order valence-electron chi connectivity index (χ1n) is 20.5. The molecule has 2 aromatic carbocycles. The van der Waals surface area contributed by atoms with Gasteiger partial charge in [-0.15, -0.1) is 6.58 Å². The number of aliphatic hydroxyl groups is 2. The first-order chi connectivity index (χ1) is 28.8. The van der Waals surface area contributed by atoms with Crippen LogP contribution in [0.5, 0.6) is 23.0 Å². The maximum atomic E-state index is 14.5. The van der Waals surface area contributed by atoms with Gasteiger partial charge in [0.25, 0.3) is 11.7 Å². The number of aromatic hydroxyl groups is 3. The van der Waals surface area contributed by atoms with Crippen LogP contribution in [0.3, 0.4) is 0 Å². The van der Waals surface area contributed by atoms with Crippen LogP contribution in [0.1, 0.15) is 70.0 Å². The molecule has 5 bridgehead atoms. The molecule has 1 saturated heterocycles. The number of fused-ring (bicyclic) bond motifs is 14. The molecule has 6 rings (SSSR count). The van der Waals surface area contributed by atoms with E-state index < -0.39 is 88.8 Å². The van der Waals surface area contributed by atoms with E-state index in [0.29, 0.717) is 32.7 Å². The molecule has 6 N–H and O–H groups in total. The zero-order chi connectivity index (χ0) is 45.1. The number of ketones is 1.